The maximum absolute atomic E-state index is 11.4. The second-order valence-electron chi connectivity index (χ2n) is 4.69. The van der Waals surface area contributed by atoms with Gasteiger partial charge < -0.3 is 10.0 Å². The molecule has 0 aliphatic heterocycles. The lowest BCUT2D eigenvalue weighted by Gasteiger charge is -2.17. The standard InChI is InChI=1S/C14H18N6O2/c1-10-13(22)16-14(19-17-10)18-15-9-11-3-5-12(6-4-11)20(2)7-8-21/h3-6,9,21H,7-8H2,1-2H3,(H2,16,18,19,22)/b15-9-. The molecule has 0 saturated carbocycles. The lowest BCUT2D eigenvalue weighted by atomic mass is 10.2. The van der Waals surface area contributed by atoms with Gasteiger partial charge in [-0.15, -0.1) is 10.2 Å². The molecule has 1 heterocycles. The largest absolute Gasteiger partial charge is 0.395 e. The highest BCUT2D eigenvalue weighted by molar-refractivity contribution is 5.80. The lowest BCUT2D eigenvalue weighted by molar-refractivity contribution is 0.304. The summed E-state index contributed by atoms with van der Waals surface area (Å²) < 4.78 is 0. The smallest absolute Gasteiger partial charge is 0.274 e. The highest BCUT2D eigenvalue weighted by Gasteiger charge is 2.00. The van der Waals surface area contributed by atoms with Crippen LogP contribution in [-0.4, -0.2) is 46.7 Å². The number of aliphatic hydroxyl groups is 1. The average Bonchev–Trinajstić information content (AvgIpc) is 2.52. The number of rotatable bonds is 6. The van der Waals surface area contributed by atoms with E-state index >= 15 is 0 Å². The molecule has 1 aromatic heterocycles. The van der Waals surface area contributed by atoms with E-state index in [1.807, 2.05) is 36.2 Å². The Labute approximate surface area is 127 Å². The van der Waals surface area contributed by atoms with Gasteiger partial charge in [-0.25, -0.2) is 5.43 Å². The summed E-state index contributed by atoms with van der Waals surface area (Å²) in [4.78, 5) is 15.8. The van der Waals surface area contributed by atoms with E-state index in [0.29, 0.717) is 12.2 Å². The van der Waals surface area contributed by atoms with Crippen LogP contribution in [0.15, 0.2) is 34.2 Å². The molecule has 2 aromatic rings. The minimum atomic E-state index is -0.302. The van der Waals surface area contributed by atoms with Gasteiger partial charge in [0.2, 0.25) is 5.95 Å². The van der Waals surface area contributed by atoms with Crippen molar-refractivity contribution in [1.82, 2.24) is 15.2 Å². The fourth-order valence-corrected chi connectivity index (χ4v) is 1.71. The van der Waals surface area contributed by atoms with Crippen LogP contribution >= 0.6 is 0 Å². The zero-order chi connectivity index (χ0) is 15.9. The molecular formula is C14H18N6O2. The van der Waals surface area contributed by atoms with E-state index in [1.165, 1.54) is 0 Å². The van der Waals surface area contributed by atoms with Crippen LogP contribution in [0.5, 0.6) is 0 Å². The summed E-state index contributed by atoms with van der Waals surface area (Å²) in [5.41, 5.74) is 4.51. The zero-order valence-electron chi connectivity index (χ0n) is 12.4. The number of likely N-dealkylation sites (N-methyl/N-ethyl adjacent to an activating group) is 1. The number of aliphatic hydroxyl groups excluding tert-OH is 1. The molecule has 0 bridgehead atoms. The number of H-pyrrole nitrogens is 1. The molecule has 0 aliphatic carbocycles. The SMILES string of the molecule is Cc1nnc(N/N=C\c2ccc(N(C)CCO)cc2)[nH]c1=O. The quantitative estimate of drug-likeness (QED) is 0.525. The second kappa shape index (κ2) is 7.32. The molecular weight excluding hydrogens is 284 g/mol. The summed E-state index contributed by atoms with van der Waals surface area (Å²) in [7, 11) is 1.91. The van der Waals surface area contributed by atoms with Crippen LogP contribution in [-0.2, 0) is 0 Å². The van der Waals surface area contributed by atoms with E-state index in [4.69, 9.17) is 5.11 Å². The van der Waals surface area contributed by atoms with Crippen molar-refractivity contribution >= 4 is 17.9 Å². The maximum atomic E-state index is 11.4. The van der Waals surface area contributed by atoms with Gasteiger partial charge in [0.15, 0.2) is 0 Å². The number of aryl methyl sites for hydroxylation is 1. The van der Waals surface area contributed by atoms with Crippen molar-refractivity contribution < 1.29 is 5.11 Å². The topological polar surface area (TPSA) is 106 Å². The molecule has 0 aliphatic rings. The van der Waals surface area contributed by atoms with Gasteiger partial charge in [0, 0.05) is 19.3 Å². The van der Waals surface area contributed by atoms with Crippen LogP contribution < -0.4 is 15.9 Å². The Bertz CT molecular complexity index is 695. The van der Waals surface area contributed by atoms with Gasteiger partial charge in [0.1, 0.15) is 5.69 Å². The van der Waals surface area contributed by atoms with E-state index in [-0.39, 0.29) is 18.1 Å². The van der Waals surface area contributed by atoms with Crippen molar-refractivity contribution in [3.63, 3.8) is 0 Å². The van der Waals surface area contributed by atoms with E-state index in [9.17, 15) is 4.79 Å². The number of nitrogens with zero attached hydrogens (tertiary/aromatic N) is 4. The van der Waals surface area contributed by atoms with Gasteiger partial charge >= 0.3 is 0 Å². The van der Waals surface area contributed by atoms with Gasteiger partial charge in [0.05, 0.1) is 12.8 Å². The summed E-state index contributed by atoms with van der Waals surface area (Å²) in [6.07, 6.45) is 1.61. The Morgan fingerprint density at radius 3 is 2.73 bits per heavy atom. The van der Waals surface area contributed by atoms with Crippen LogP contribution in [0.4, 0.5) is 11.6 Å². The first-order chi connectivity index (χ1) is 10.6. The van der Waals surface area contributed by atoms with E-state index in [1.54, 1.807) is 13.1 Å². The molecule has 0 spiro atoms. The number of aromatic nitrogens is 3. The third-order valence-corrected chi connectivity index (χ3v) is 3.01. The number of aromatic amines is 1. The zero-order valence-corrected chi connectivity index (χ0v) is 12.4. The van der Waals surface area contributed by atoms with Gasteiger partial charge in [0.25, 0.3) is 5.56 Å². The normalized spacial score (nSPS) is 10.9. The second-order valence-corrected chi connectivity index (χ2v) is 4.69. The maximum Gasteiger partial charge on any atom is 0.274 e. The molecule has 0 radical (unpaired) electrons. The van der Waals surface area contributed by atoms with Crippen molar-refractivity contribution in [3.8, 4) is 0 Å². The molecule has 0 amide bonds. The first-order valence-corrected chi connectivity index (χ1v) is 6.75. The predicted octanol–water partition coefficient (Wildman–Crippen LogP) is 0.348. The minimum absolute atomic E-state index is 0.111. The Balaban J connectivity index is 1.98. The minimum Gasteiger partial charge on any atom is -0.395 e. The molecule has 2 rings (SSSR count). The van der Waals surface area contributed by atoms with Crippen LogP contribution in [0, 0.1) is 6.92 Å². The predicted molar refractivity (Wildman–Crippen MR) is 85.4 cm³/mol. The van der Waals surface area contributed by atoms with E-state index in [2.05, 4.69) is 25.7 Å². The lowest BCUT2D eigenvalue weighted by Crippen LogP contribution is -2.20. The molecule has 8 nitrogen and oxygen atoms in total. The Hall–Kier alpha value is -2.74. The van der Waals surface area contributed by atoms with Gasteiger partial charge in [-0.05, 0) is 24.6 Å². The Kier molecular flexibility index (Phi) is 5.21. The van der Waals surface area contributed by atoms with Crippen LogP contribution in [0.3, 0.4) is 0 Å². The van der Waals surface area contributed by atoms with E-state index < -0.39 is 0 Å². The first-order valence-electron chi connectivity index (χ1n) is 6.75. The van der Waals surface area contributed by atoms with Crippen molar-refractivity contribution in [2.24, 2.45) is 5.10 Å². The van der Waals surface area contributed by atoms with Crippen molar-refractivity contribution in [2.45, 2.75) is 6.92 Å². The number of nitrogens with one attached hydrogen (secondary N) is 2. The monoisotopic (exact) mass is 302 g/mol. The molecule has 0 fully saturated rings. The number of benzene rings is 1. The van der Waals surface area contributed by atoms with Gasteiger partial charge in [-0.2, -0.15) is 5.10 Å². The van der Waals surface area contributed by atoms with Crippen LogP contribution in [0.2, 0.25) is 0 Å². The molecule has 1 aromatic carbocycles. The molecule has 0 saturated heterocycles. The Morgan fingerprint density at radius 1 is 1.36 bits per heavy atom. The van der Waals surface area contributed by atoms with Crippen molar-refractivity contribution in [3.05, 3.63) is 45.9 Å². The van der Waals surface area contributed by atoms with E-state index in [0.717, 1.165) is 11.3 Å². The Morgan fingerprint density at radius 2 is 2.09 bits per heavy atom. The highest BCUT2D eigenvalue weighted by Crippen LogP contribution is 2.12. The van der Waals surface area contributed by atoms with Gasteiger partial charge in [-0.3, -0.25) is 9.78 Å². The fourth-order valence-electron chi connectivity index (χ4n) is 1.71. The summed E-state index contributed by atoms with van der Waals surface area (Å²) in [5, 5.41) is 20.4. The average molecular weight is 302 g/mol. The van der Waals surface area contributed by atoms with Crippen LogP contribution in [0.25, 0.3) is 0 Å². The third kappa shape index (κ3) is 4.13. The van der Waals surface area contributed by atoms with Crippen molar-refractivity contribution in [2.75, 3.05) is 30.5 Å². The number of anilines is 2. The first kappa shape index (κ1) is 15.6. The molecule has 8 heteroatoms. The summed E-state index contributed by atoms with van der Waals surface area (Å²) >= 11 is 0. The molecule has 0 atom stereocenters. The summed E-state index contributed by atoms with van der Waals surface area (Å²) in [6.45, 7) is 2.27. The van der Waals surface area contributed by atoms with Crippen LogP contribution in [0.1, 0.15) is 11.3 Å². The fraction of sp³-hybridized carbons (Fsp3) is 0.286. The summed E-state index contributed by atoms with van der Waals surface area (Å²) in [6, 6.07) is 7.67. The van der Waals surface area contributed by atoms with Gasteiger partial charge in [-0.1, -0.05) is 12.1 Å². The molecule has 116 valence electrons. The molecule has 22 heavy (non-hydrogen) atoms. The van der Waals surface area contributed by atoms with Crippen molar-refractivity contribution in [1.29, 1.82) is 0 Å². The summed E-state index contributed by atoms with van der Waals surface area (Å²) in [5.74, 6) is 0.186. The third-order valence-electron chi connectivity index (χ3n) is 3.01. The highest BCUT2D eigenvalue weighted by atomic mass is 16.3. The number of hydrogen-bond donors (Lipinski definition) is 3. The number of hydrogen-bond acceptors (Lipinski definition) is 7. The molecule has 0 unspecified atom stereocenters. The molecule has 3 N–H and O–H groups in total. The number of hydrazone groups is 1.